The smallest absolute Gasteiger partial charge is 0.118 e. The molecule has 1 N–H and O–H groups in total. The first-order chi connectivity index (χ1) is 7.79. The first-order valence-corrected chi connectivity index (χ1v) is 6.29. The molecule has 1 atom stereocenters. The fourth-order valence-electron chi connectivity index (χ4n) is 2.40. The molecular weight excluding hydrogens is 200 g/mol. The van der Waals surface area contributed by atoms with Crippen molar-refractivity contribution in [1.29, 1.82) is 0 Å². The van der Waals surface area contributed by atoms with E-state index in [0.29, 0.717) is 6.04 Å². The van der Waals surface area contributed by atoms with Crippen molar-refractivity contribution in [3.63, 3.8) is 0 Å². The van der Waals surface area contributed by atoms with Crippen LogP contribution in [0.15, 0.2) is 16.5 Å². The first kappa shape index (κ1) is 11.7. The topological polar surface area (TPSA) is 28.4 Å². The average molecular weight is 222 g/mol. The molecule has 0 bridgehead atoms. The summed E-state index contributed by atoms with van der Waals surface area (Å²) in [5.74, 6) is 2.11. The van der Waals surface area contributed by atoms with E-state index in [4.69, 9.17) is 4.42 Å². The van der Waals surface area contributed by atoms with Crippen LogP contribution in [-0.4, -0.2) is 30.6 Å². The third kappa shape index (κ3) is 2.86. The summed E-state index contributed by atoms with van der Waals surface area (Å²) in [7, 11) is 0. The van der Waals surface area contributed by atoms with E-state index in [0.717, 1.165) is 37.7 Å². The third-order valence-corrected chi connectivity index (χ3v) is 3.22. The molecule has 0 aliphatic carbocycles. The lowest BCUT2D eigenvalue weighted by Gasteiger charge is -2.26. The standard InChI is InChI=1S/C13H22N2O/c1-3-8-15(12-6-7-14-9-12)10-13-5-4-11(2)16-13/h4-5,12,14H,3,6-10H2,1-2H3. The van der Waals surface area contributed by atoms with Gasteiger partial charge >= 0.3 is 0 Å². The highest BCUT2D eigenvalue weighted by Gasteiger charge is 2.22. The zero-order valence-electron chi connectivity index (χ0n) is 10.3. The number of hydrogen-bond donors (Lipinski definition) is 1. The maximum Gasteiger partial charge on any atom is 0.118 e. The predicted molar refractivity (Wildman–Crippen MR) is 65.4 cm³/mol. The second-order valence-corrected chi connectivity index (χ2v) is 4.63. The van der Waals surface area contributed by atoms with Gasteiger partial charge in [-0.25, -0.2) is 0 Å². The van der Waals surface area contributed by atoms with Crippen LogP contribution in [0.1, 0.15) is 31.3 Å². The maximum absolute atomic E-state index is 5.66. The van der Waals surface area contributed by atoms with E-state index in [1.165, 1.54) is 12.8 Å². The number of aryl methyl sites for hydroxylation is 1. The number of hydrogen-bond acceptors (Lipinski definition) is 3. The molecule has 0 spiro atoms. The summed E-state index contributed by atoms with van der Waals surface area (Å²) < 4.78 is 5.66. The number of nitrogens with zero attached hydrogens (tertiary/aromatic N) is 1. The van der Waals surface area contributed by atoms with Crippen LogP contribution < -0.4 is 5.32 Å². The van der Waals surface area contributed by atoms with Gasteiger partial charge in [0.25, 0.3) is 0 Å². The number of rotatable bonds is 5. The minimum atomic E-state index is 0.686. The Kier molecular flexibility index (Phi) is 4.02. The Balaban J connectivity index is 1.96. The molecule has 1 unspecified atom stereocenters. The van der Waals surface area contributed by atoms with E-state index in [1.54, 1.807) is 0 Å². The Labute approximate surface area is 97.8 Å². The molecule has 2 heterocycles. The molecule has 3 nitrogen and oxygen atoms in total. The van der Waals surface area contributed by atoms with Crippen LogP contribution in [0, 0.1) is 6.92 Å². The van der Waals surface area contributed by atoms with Gasteiger partial charge in [-0.05, 0) is 45.0 Å². The molecule has 2 rings (SSSR count). The van der Waals surface area contributed by atoms with Gasteiger partial charge in [0.2, 0.25) is 0 Å². The lowest BCUT2D eigenvalue weighted by atomic mass is 10.2. The third-order valence-electron chi connectivity index (χ3n) is 3.22. The largest absolute Gasteiger partial charge is 0.465 e. The minimum Gasteiger partial charge on any atom is -0.465 e. The van der Waals surface area contributed by atoms with E-state index in [9.17, 15) is 0 Å². The molecule has 1 saturated heterocycles. The van der Waals surface area contributed by atoms with Crippen LogP contribution in [0.2, 0.25) is 0 Å². The van der Waals surface area contributed by atoms with Gasteiger partial charge in [-0.2, -0.15) is 0 Å². The summed E-state index contributed by atoms with van der Waals surface area (Å²) in [6.07, 6.45) is 2.47. The zero-order chi connectivity index (χ0) is 11.4. The quantitative estimate of drug-likeness (QED) is 0.827. The van der Waals surface area contributed by atoms with Gasteiger partial charge in [0.05, 0.1) is 6.54 Å². The molecule has 1 aromatic heterocycles. The van der Waals surface area contributed by atoms with Crippen LogP contribution in [0.3, 0.4) is 0 Å². The molecular formula is C13H22N2O. The second-order valence-electron chi connectivity index (χ2n) is 4.63. The monoisotopic (exact) mass is 222 g/mol. The molecule has 0 saturated carbocycles. The van der Waals surface area contributed by atoms with Crippen molar-refractivity contribution in [2.24, 2.45) is 0 Å². The fraction of sp³-hybridized carbons (Fsp3) is 0.692. The van der Waals surface area contributed by atoms with Crippen LogP contribution >= 0.6 is 0 Å². The van der Waals surface area contributed by atoms with Crippen molar-refractivity contribution in [3.05, 3.63) is 23.7 Å². The number of furan rings is 1. The number of nitrogens with one attached hydrogen (secondary N) is 1. The Hall–Kier alpha value is -0.800. The van der Waals surface area contributed by atoms with Gasteiger partial charge in [0, 0.05) is 12.6 Å². The Bertz CT molecular complexity index is 315. The summed E-state index contributed by atoms with van der Waals surface area (Å²) in [5.41, 5.74) is 0. The zero-order valence-corrected chi connectivity index (χ0v) is 10.3. The fourth-order valence-corrected chi connectivity index (χ4v) is 2.40. The SMILES string of the molecule is CCCN(Cc1ccc(C)o1)C1CCNC1. The Morgan fingerprint density at radius 2 is 2.38 bits per heavy atom. The van der Waals surface area contributed by atoms with E-state index in [2.05, 4.69) is 23.2 Å². The van der Waals surface area contributed by atoms with Gasteiger partial charge < -0.3 is 9.73 Å². The maximum atomic E-state index is 5.66. The van der Waals surface area contributed by atoms with Crippen molar-refractivity contribution in [3.8, 4) is 0 Å². The summed E-state index contributed by atoms with van der Waals surface area (Å²) in [4.78, 5) is 2.54. The van der Waals surface area contributed by atoms with Gasteiger partial charge in [0.1, 0.15) is 11.5 Å². The van der Waals surface area contributed by atoms with E-state index in [-0.39, 0.29) is 0 Å². The van der Waals surface area contributed by atoms with Crippen molar-refractivity contribution < 1.29 is 4.42 Å². The van der Waals surface area contributed by atoms with Crippen LogP contribution in [0.5, 0.6) is 0 Å². The highest BCUT2D eigenvalue weighted by molar-refractivity contribution is 5.05. The molecule has 1 aliphatic heterocycles. The molecule has 0 aromatic carbocycles. The first-order valence-electron chi connectivity index (χ1n) is 6.29. The Morgan fingerprint density at radius 3 is 2.94 bits per heavy atom. The van der Waals surface area contributed by atoms with Crippen molar-refractivity contribution in [1.82, 2.24) is 10.2 Å². The molecule has 3 heteroatoms. The summed E-state index contributed by atoms with van der Waals surface area (Å²) >= 11 is 0. The van der Waals surface area contributed by atoms with Gasteiger partial charge in [-0.3, -0.25) is 4.90 Å². The predicted octanol–water partition coefficient (Wildman–Crippen LogP) is 2.16. The molecule has 1 aromatic rings. The van der Waals surface area contributed by atoms with Gasteiger partial charge in [-0.1, -0.05) is 6.92 Å². The molecule has 0 radical (unpaired) electrons. The highest BCUT2D eigenvalue weighted by atomic mass is 16.3. The normalized spacial score (nSPS) is 20.8. The highest BCUT2D eigenvalue weighted by Crippen LogP contribution is 2.15. The van der Waals surface area contributed by atoms with Crippen molar-refractivity contribution in [2.75, 3.05) is 19.6 Å². The molecule has 0 amide bonds. The minimum absolute atomic E-state index is 0.686. The summed E-state index contributed by atoms with van der Waals surface area (Å²) in [5, 5.41) is 3.43. The van der Waals surface area contributed by atoms with Crippen molar-refractivity contribution >= 4 is 0 Å². The lowest BCUT2D eigenvalue weighted by molar-refractivity contribution is 0.184. The summed E-state index contributed by atoms with van der Waals surface area (Å²) in [6.45, 7) is 8.63. The van der Waals surface area contributed by atoms with Crippen LogP contribution in [-0.2, 0) is 6.54 Å². The average Bonchev–Trinajstić information content (AvgIpc) is 2.88. The molecule has 1 aliphatic rings. The van der Waals surface area contributed by atoms with E-state index in [1.807, 2.05) is 13.0 Å². The Morgan fingerprint density at radius 1 is 1.50 bits per heavy atom. The van der Waals surface area contributed by atoms with Gasteiger partial charge in [-0.15, -0.1) is 0 Å². The van der Waals surface area contributed by atoms with E-state index < -0.39 is 0 Å². The van der Waals surface area contributed by atoms with Crippen LogP contribution in [0.25, 0.3) is 0 Å². The molecule has 1 fully saturated rings. The van der Waals surface area contributed by atoms with Crippen LogP contribution in [0.4, 0.5) is 0 Å². The summed E-state index contributed by atoms with van der Waals surface area (Å²) in [6, 6.07) is 4.83. The van der Waals surface area contributed by atoms with Crippen molar-refractivity contribution in [2.45, 2.75) is 39.3 Å². The van der Waals surface area contributed by atoms with Gasteiger partial charge in [0.15, 0.2) is 0 Å². The second kappa shape index (κ2) is 5.51. The van der Waals surface area contributed by atoms with E-state index >= 15 is 0 Å². The molecule has 16 heavy (non-hydrogen) atoms. The molecule has 90 valence electrons. The lowest BCUT2D eigenvalue weighted by Crippen LogP contribution is -2.36.